The molecule has 0 radical (unpaired) electrons. The molecule has 3 nitrogen and oxygen atoms in total. The minimum atomic E-state index is 0.106. The summed E-state index contributed by atoms with van der Waals surface area (Å²) in [6, 6.07) is 5.72. The van der Waals surface area contributed by atoms with Crippen LogP contribution in [0.1, 0.15) is 28.8 Å². The van der Waals surface area contributed by atoms with Crippen LogP contribution >= 0.6 is 15.9 Å². The maximum atomic E-state index is 12.4. The highest BCUT2D eigenvalue weighted by molar-refractivity contribution is 9.10. The van der Waals surface area contributed by atoms with E-state index >= 15 is 0 Å². The van der Waals surface area contributed by atoms with Gasteiger partial charge in [-0.25, -0.2) is 0 Å². The van der Waals surface area contributed by atoms with Crippen LogP contribution in [0.2, 0.25) is 0 Å². The van der Waals surface area contributed by atoms with Crippen molar-refractivity contribution in [3.8, 4) is 0 Å². The summed E-state index contributed by atoms with van der Waals surface area (Å²) in [5, 5.41) is 8.94. The van der Waals surface area contributed by atoms with Crippen LogP contribution in [0.3, 0.4) is 0 Å². The highest BCUT2D eigenvalue weighted by Gasteiger charge is 2.27. The highest BCUT2D eigenvalue weighted by Crippen LogP contribution is 2.25. The standard InChI is InChI=1S/C14H18BrNO2/c1-10-12(3-2-4-13(10)15)14(18)16-7-5-11(9-16)6-8-17/h2-4,11,17H,5-9H2,1H3. The molecule has 1 N–H and O–H groups in total. The van der Waals surface area contributed by atoms with E-state index in [-0.39, 0.29) is 12.5 Å². The third-order valence-electron chi connectivity index (χ3n) is 3.61. The Morgan fingerprint density at radius 3 is 3.06 bits per heavy atom. The fourth-order valence-corrected chi connectivity index (χ4v) is 2.81. The van der Waals surface area contributed by atoms with Crippen molar-refractivity contribution in [2.24, 2.45) is 5.92 Å². The van der Waals surface area contributed by atoms with Crippen LogP contribution in [0.15, 0.2) is 22.7 Å². The number of hydrogen-bond acceptors (Lipinski definition) is 2. The number of rotatable bonds is 3. The third kappa shape index (κ3) is 2.75. The van der Waals surface area contributed by atoms with E-state index in [1.165, 1.54) is 0 Å². The zero-order valence-electron chi connectivity index (χ0n) is 10.5. The zero-order chi connectivity index (χ0) is 13.1. The van der Waals surface area contributed by atoms with Crippen molar-refractivity contribution in [3.63, 3.8) is 0 Å². The molecule has 1 saturated heterocycles. The van der Waals surface area contributed by atoms with Crippen LogP contribution in [0.5, 0.6) is 0 Å². The first-order chi connectivity index (χ1) is 8.63. The fourth-order valence-electron chi connectivity index (χ4n) is 2.44. The minimum absolute atomic E-state index is 0.106. The molecular weight excluding hydrogens is 294 g/mol. The maximum absolute atomic E-state index is 12.4. The average molecular weight is 312 g/mol. The first kappa shape index (κ1) is 13.6. The molecule has 0 saturated carbocycles. The molecule has 1 unspecified atom stereocenters. The topological polar surface area (TPSA) is 40.5 Å². The normalized spacial score (nSPS) is 19.3. The molecule has 1 atom stereocenters. The summed E-state index contributed by atoms with van der Waals surface area (Å²) in [7, 11) is 0. The molecule has 0 aliphatic carbocycles. The van der Waals surface area contributed by atoms with E-state index in [0.717, 1.165) is 41.5 Å². The summed E-state index contributed by atoms with van der Waals surface area (Å²) < 4.78 is 0.972. The Kier molecular flexibility index (Phi) is 4.40. The SMILES string of the molecule is Cc1c(Br)cccc1C(=O)N1CCC(CCO)C1. The van der Waals surface area contributed by atoms with Crippen molar-refractivity contribution in [1.82, 2.24) is 4.90 Å². The number of aliphatic hydroxyl groups excluding tert-OH is 1. The van der Waals surface area contributed by atoms with Gasteiger partial charge in [0, 0.05) is 29.7 Å². The van der Waals surface area contributed by atoms with E-state index in [1.807, 2.05) is 30.0 Å². The monoisotopic (exact) mass is 311 g/mol. The van der Waals surface area contributed by atoms with Crippen LogP contribution in [0.25, 0.3) is 0 Å². The Labute approximate surface area is 116 Å². The summed E-state index contributed by atoms with van der Waals surface area (Å²) in [6.07, 6.45) is 1.79. The summed E-state index contributed by atoms with van der Waals surface area (Å²) in [4.78, 5) is 14.3. The van der Waals surface area contributed by atoms with Gasteiger partial charge in [-0.3, -0.25) is 4.79 Å². The number of aliphatic hydroxyl groups is 1. The lowest BCUT2D eigenvalue weighted by molar-refractivity contribution is 0.0784. The molecule has 1 aromatic carbocycles. The van der Waals surface area contributed by atoms with Gasteiger partial charge in [-0.05, 0) is 43.4 Å². The largest absolute Gasteiger partial charge is 0.396 e. The smallest absolute Gasteiger partial charge is 0.254 e. The van der Waals surface area contributed by atoms with Gasteiger partial charge in [0.15, 0.2) is 0 Å². The molecule has 0 bridgehead atoms. The van der Waals surface area contributed by atoms with Gasteiger partial charge >= 0.3 is 0 Å². The molecule has 1 heterocycles. The van der Waals surface area contributed by atoms with Gasteiger partial charge in [0.2, 0.25) is 0 Å². The van der Waals surface area contributed by atoms with Crippen LogP contribution in [0, 0.1) is 12.8 Å². The number of benzene rings is 1. The first-order valence-corrected chi connectivity index (χ1v) is 7.08. The van der Waals surface area contributed by atoms with Gasteiger partial charge in [-0.15, -0.1) is 0 Å². The second-order valence-electron chi connectivity index (χ2n) is 4.83. The highest BCUT2D eigenvalue weighted by atomic mass is 79.9. The van der Waals surface area contributed by atoms with Crippen LogP contribution in [-0.4, -0.2) is 35.6 Å². The molecule has 18 heavy (non-hydrogen) atoms. The van der Waals surface area contributed by atoms with Crippen molar-refractivity contribution in [3.05, 3.63) is 33.8 Å². The molecule has 1 aliphatic rings. The van der Waals surface area contributed by atoms with Gasteiger partial charge in [0.05, 0.1) is 0 Å². The Morgan fingerprint density at radius 1 is 1.56 bits per heavy atom. The molecule has 1 fully saturated rings. The fraction of sp³-hybridized carbons (Fsp3) is 0.500. The molecule has 0 spiro atoms. The summed E-state index contributed by atoms with van der Waals surface area (Å²) in [6.45, 7) is 3.74. The molecular formula is C14H18BrNO2. The Morgan fingerprint density at radius 2 is 2.33 bits per heavy atom. The van der Waals surface area contributed by atoms with E-state index in [1.54, 1.807) is 0 Å². The van der Waals surface area contributed by atoms with Gasteiger partial charge in [-0.2, -0.15) is 0 Å². The molecule has 98 valence electrons. The summed E-state index contributed by atoms with van der Waals surface area (Å²) in [5.41, 5.74) is 1.77. The zero-order valence-corrected chi connectivity index (χ0v) is 12.1. The predicted octanol–water partition coefficient (Wildman–Crippen LogP) is 2.60. The quantitative estimate of drug-likeness (QED) is 0.932. The van der Waals surface area contributed by atoms with Crippen LogP contribution < -0.4 is 0 Å². The predicted molar refractivity (Wildman–Crippen MR) is 74.6 cm³/mol. The Hall–Kier alpha value is -0.870. The average Bonchev–Trinajstić information content (AvgIpc) is 2.81. The molecule has 1 aliphatic heterocycles. The number of carbonyl (C=O) groups is 1. The molecule has 1 aromatic rings. The van der Waals surface area contributed by atoms with Crippen LogP contribution in [-0.2, 0) is 0 Å². The number of hydrogen-bond donors (Lipinski definition) is 1. The lowest BCUT2D eigenvalue weighted by Gasteiger charge is -2.18. The van der Waals surface area contributed by atoms with Gasteiger partial charge < -0.3 is 10.0 Å². The second kappa shape index (κ2) is 5.85. The van der Waals surface area contributed by atoms with E-state index in [9.17, 15) is 4.79 Å². The van der Waals surface area contributed by atoms with Gasteiger partial charge in [0.25, 0.3) is 5.91 Å². The number of amides is 1. The number of likely N-dealkylation sites (tertiary alicyclic amines) is 1. The molecule has 0 aromatic heterocycles. The first-order valence-electron chi connectivity index (χ1n) is 6.28. The van der Waals surface area contributed by atoms with Crippen molar-refractivity contribution in [2.45, 2.75) is 19.8 Å². The van der Waals surface area contributed by atoms with Crippen molar-refractivity contribution in [1.29, 1.82) is 0 Å². The molecule has 2 rings (SSSR count). The minimum Gasteiger partial charge on any atom is -0.396 e. The van der Waals surface area contributed by atoms with Crippen molar-refractivity contribution >= 4 is 21.8 Å². The van der Waals surface area contributed by atoms with E-state index < -0.39 is 0 Å². The second-order valence-corrected chi connectivity index (χ2v) is 5.68. The molecule has 4 heteroatoms. The number of nitrogens with zero attached hydrogens (tertiary/aromatic N) is 1. The van der Waals surface area contributed by atoms with Crippen molar-refractivity contribution in [2.75, 3.05) is 19.7 Å². The van der Waals surface area contributed by atoms with E-state index in [2.05, 4.69) is 15.9 Å². The van der Waals surface area contributed by atoms with Gasteiger partial charge in [0.1, 0.15) is 0 Å². The number of halogens is 1. The van der Waals surface area contributed by atoms with Crippen molar-refractivity contribution < 1.29 is 9.90 Å². The molecule has 1 amide bonds. The Balaban J connectivity index is 2.11. The van der Waals surface area contributed by atoms with E-state index in [0.29, 0.717) is 5.92 Å². The number of carbonyl (C=O) groups excluding carboxylic acids is 1. The summed E-state index contributed by atoms with van der Waals surface area (Å²) in [5.74, 6) is 0.556. The van der Waals surface area contributed by atoms with Crippen LogP contribution in [0.4, 0.5) is 0 Å². The maximum Gasteiger partial charge on any atom is 0.254 e. The lowest BCUT2D eigenvalue weighted by atomic mass is 10.1. The van der Waals surface area contributed by atoms with Gasteiger partial charge in [-0.1, -0.05) is 22.0 Å². The Bertz CT molecular complexity index is 447. The summed E-state index contributed by atoms with van der Waals surface area (Å²) >= 11 is 3.46. The van der Waals surface area contributed by atoms with E-state index in [4.69, 9.17) is 5.11 Å². The lowest BCUT2D eigenvalue weighted by Crippen LogP contribution is -2.29. The third-order valence-corrected chi connectivity index (χ3v) is 4.47.